The van der Waals surface area contributed by atoms with Crippen LogP contribution in [0.4, 0.5) is 0 Å². The van der Waals surface area contributed by atoms with Gasteiger partial charge in [-0.15, -0.1) is 0 Å². The van der Waals surface area contributed by atoms with Crippen molar-refractivity contribution in [2.75, 3.05) is 0 Å². The summed E-state index contributed by atoms with van der Waals surface area (Å²) in [5.41, 5.74) is 0. The highest BCUT2D eigenvalue weighted by Crippen LogP contribution is 1.73. The normalized spacial score (nSPS) is 6.00. The molecule has 0 bridgehead atoms. The second-order valence-corrected chi connectivity index (χ2v) is 1.02. The van der Waals surface area contributed by atoms with Gasteiger partial charge in [-0.25, -0.2) is 0 Å². The van der Waals surface area contributed by atoms with E-state index in [1.165, 1.54) is 0 Å². The van der Waals surface area contributed by atoms with Crippen molar-refractivity contribution in [3.05, 3.63) is 30.6 Å². The van der Waals surface area contributed by atoms with E-state index in [2.05, 4.69) is 4.98 Å². The van der Waals surface area contributed by atoms with Gasteiger partial charge in [0.05, 0.1) is 0 Å². The van der Waals surface area contributed by atoms with Crippen LogP contribution in [0.2, 0.25) is 0 Å². The van der Waals surface area contributed by atoms with Crippen LogP contribution in [0, 0.1) is 0 Å². The molecule has 1 heterocycles. The number of pyridine rings is 1. The predicted molar refractivity (Wildman–Crippen MR) is 30.2 cm³/mol. The zero-order valence-electron chi connectivity index (χ0n) is 4.71. The number of hydrogen-bond donors (Lipinski definition) is 1. The number of nitrogens with zero attached hydrogens (tertiary/aromatic N) is 1. The highest BCUT2D eigenvalue weighted by Gasteiger charge is 1.58. The predicted octanol–water partition coefficient (Wildman–Crippen LogP) is -1.54. The van der Waals surface area contributed by atoms with Crippen LogP contribution in [-0.4, -0.2) is 4.98 Å². The first-order valence-corrected chi connectivity index (χ1v) is 1.85. The largest absolute Gasteiger partial charge is 1.00 e. The maximum atomic E-state index is 3.78. The van der Waals surface area contributed by atoms with E-state index >= 15 is 0 Å². The van der Waals surface area contributed by atoms with Crippen LogP contribution < -0.4 is 23.1 Å². The lowest BCUT2D eigenvalue weighted by atomic mass is 10.5. The molecule has 0 spiro atoms. The van der Waals surface area contributed by atoms with Crippen molar-refractivity contribution < 1.29 is 17.0 Å². The van der Waals surface area contributed by atoms with Crippen molar-refractivity contribution in [3.63, 3.8) is 0 Å². The highest BCUT2D eigenvalue weighted by molar-refractivity contribution is 4.88. The van der Waals surface area contributed by atoms with Crippen LogP contribution >= 0.6 is 0 Å². The van der Waals surface area contributed by atoms with Crippen molar-refractivity contribution in [1.29, 1.82) is 0 Å². The molecule has 0 aromatic carbocycles. The Morgan fingerprint density at radius 1 is 0.875 bits per heavy atom. The molecule has 0 aliphatic carbocycles. The molecule has 0 atom stereocenters. The standard InChI is InChI=1S/C5H5N.BrH.H3N/c1-2-4-6-5-3-1;;/h1-5H;1H;1H3. The molecule has 0 amide bonds. The molecule has 0 aliphatic rings. The second-order valence-electron chi connectivity index (χ2n) is 1.02. The fourth-order valence-corrected chi connectivity index (χ4v) is 0.313. The summed E-state index contributed by atoms with van der Waals surface area (Å²) in [6, 6.07) is 5.72. The molecule has 46 valence electrons. The van der Waals surface area contributed by atoms with Crippen LogP contribution in [0.5, 0.6) is 0 Å². The van der Waals surface area contributed by atoms with Gasteiger partial charge in [-0.2, -0.15) is 0 Å². The molecule has 1 rings (SSSR count). The summed E-state index contributed by atoms with van der Waals surface area (Å²) in [5.74, 6) is 0. The van der Waals surface area contributed by atoms with Gasteiger partial charge in [-0.3, -0.25) is 4.98 Å². The SMILES string of the molecule is [Br-].[NH4+].c1ccncc1. The van der Waals surface area contributed by atoms with E-state index in [-0.39, 0.29) is 23.1 Å². The van der Waals surface area contributed by atoms with Crippen LogP contribution in [0.3, 0.4) is 0 Å². The first-order chi connectivity index (χ1) is 3.00. The van der Waals surface area contributed by atoms with E-state index in [0.717, 1.165) is 0 Å². The topological polar surface area (TPSA) is 49.4 Å². The molecule has 2 nitrogen and oxygen atoms in total. The van der Waals surface area contributed by atoms with Crippen molar-refractivity contribution in [1.82, 2.24) is 11.1 Å². The monoisotopic (exact) mass is 176 g/mol. The van der Waals surface area contributed by atoms with Gasteiger partial charge in [0.25, 0.3) is 0 Å². The molecule has 0 saturated heterocycles. The van der Waals surface area contributed by atoms with Crippen molar-refractivity contribution in [2.45, 2.75) is 0 Å². The van der Waals surface area contributed by atoms with Crippen molar-refractivity contribution in [2.24, 2.45) is 0 Å². The fourth-order valence-electron chi connectivity index (χ4n) is 0.313. The lowest BCUT2D eigenvalue weighted by molar-refractivity contribution is -0.00000175. The Kier molecular flexibility index (Phi) is 8.69. The van der Waals surface area contributed by atoms with E-state index in [4.69, 9.17) is 0 Å². The van der Waals surface area contributed by atoms with Gasteiger partial charge >= 0.3 is 0 Å². The molecule has 0 aliphatic heterocycles. The summed E-state index contributed by atoms with van der Waals surface area (Å²) in [4.78, 5) is 3.78. The van der Waals surface area contributed by atoms with E-state index in [9.17, 15) is 0 Å². The summed E-state index contributed by atoms with van der Waals surface area (Å²) in [7, 11) is 0. The molecule has 0 saturated carbocycles. The molecular formula is C5H9BrN2. The molecular weight excluding hydrogens is 168 g/mol. The smallest absolute Gasteiger partial charge is 0.0267 e. The fraction of sp³-hybridized carbons (Fsp3) is 0. The number of hydrogen-bond acceptors (Lipinski definition) is 1. The number of quaternary nitrogens is 1. The van der Waals surface area contributed by atoms with E-state index in [1.54, 1.807) is 12.4 Å². The number of halogens is 1. The zero-order chi connectivity index (χ0) is 4.24. The zero-order valence-corrected chi connectivity index (χ0v) is 6.30. The first-order valence-electron chi connectivity index (χ1n) is 1.85. The van der Waals surface area contributed by atoms with Gasteiger partial charge in [0, 0.05) is 12.4 Å². The minimum absolute atomic E-state index is 0. The lowest BCUT2D eigenvalue weighted by Crippen LogP contribution is -3.00. The van der Waals surface area contributed by atoms with Crippen molar-refractivity contribution in [3.8, 4) is 0 Å². The maximum Gasteiger partial charge on any atom is 0.0267 e. The van der Waals surface area contributed by atoms with Gasteiger partial charge in [-0.05, 0) is 12.1 Å². The minimum atomic E-state index is 0. The first kappa shape index (κ1) is 10.5. The Morgan fingerprint density at radius 3 is 1.50 bits per heavy atom. The molecule has 0 fully saturated rings. The summed E-state index contributed by atoms with van der Waals surface area (Å²) >= 11 is 0. The summed E-state index contributed by atoms with van der Waals surface area (Å²) in [6.07, 6.45) is 3.50. The third-order valence-corrected chi connectivity index (χ3v) is 0.566. The highest BCUT2D eigenvalue weighted by atomic mass is 79.9. The molecule has 8 heavy (non-hydrogen) atoms. The Balaban J connectivity index is 0. The third-order valence-electron chi connectivity index (χ3n) is 0.566. The Labute approximate surface area is 59.3 Å². The molecule has 1 aromatic rings. The van der Waals surface area contributed by atoms with Gasteiger partial charge in [0.1, 0.15) is 0 Å². The average Bonchev–Trinajstić information content (AvgIpc) is 1.72. The van der Waals surface area contributed by atoms with E-state index in [1.807, 2.05) is 18.2 Å². The second kappa shape index (κ2) is 6.59. The Hall–Kier alpha value is -0.410. The van der Waals surface area contributed by atoms with Crippen LogP contribution in [-0.2, 0) is 0 Å². The molecule has 1 aromatic heterocycles. The van der Waals surface area contributed by atoms with Gasteiger partial charge in [0.2, 0.25) is 0 Å². The van der Waals surface area contributed by atoms with Crippen LogP contribution in [0.1, 0.15) is 0 Å². The van der Waals surface area contributed by atoms with Crippen LogP contribution in [0.25, 0.3) is 0 Å². The maximum absolute atomic E-state index is 3.78. The number of aromatic nitrogens is 1. The number of rotatable bonds is 0. The van der Waals surface area contributed by atoms with E-state index < -0.39 is 0 Å². The lowest BCUT2D eigenvalue weighted by Gasteiger charge is -1.70. The summed E-state index contributed by atoms with van der Waals surface area (Å²) in [6.45, 7) is 0. The molecule has 4 N–H and O–H groups in total. The average molecular weight is 177 g/mol. The summed E-state index contributed by atoms with van der Waals surface area (Å²) < 4.78 is 0. The summed E-state index contributed by atoms with van der Waals surface area (Å²) in [5, 5.41) is 0. The quantitative estimate of drug-likeness (QED) is 0.513. The van der Waals surface area contributed by atoms with Crippen molar-refractivity contribution >= 4 is 0 Å². The van der Waals surface area contributed by atoms with Gasteiger partial charge in [0.15, 0.2) is 0 Å². The molecule has 0 unspecified atom stereocenters. The van der Waals surface area contributed by atoms with Crippen LogP contribution in [0.15, 0.2) is 30.6 Å². The molecule has 3 heteroatoms. The van der Waals surface area contributed by atoms with E-state index in [0.29, 0.717) is 0 Å². The van der Waals surface area contributed by atoms with Gasteiger partial charge < -0.3 is 23.1 Å². The Morgan fingerprint density at radius 2 is 1.38 bits per heavy atom. The Bertz CT molecular complexity index is 82.4. The third kappa shape index (κ3) is 3.77. The van der Waals surface area contributed by atoms with Gasteiger partial charge in [-0.1, -0.05) is 6.07 Å². The minimum Gasteiger partial charge on any atom is -1.00 e. The molecule has 0 radical (unpaired) electrons.